The minimum absolute atomic E-state index is 0.201. The first-order valence-corrected chi connectivity index (χ1v) is 2.43. The Hall–Kier alpha value is -0.970. The van der Waals surface area contributed by atoms with E-state index >= 15 is 0 Å². The lowest BCUT2D eigenvalue weighted by atomic mass is 10.3. The molecule has 1 unspecified atom stereocenters. The van der Waals surface area contributed by atoms with Crippen molar-refractivity contribution in [3.63, 3.8) is 0 Å². The molecule has 0 radical (unpaired) electrons. The summed E-state index contributed by atoms with van der Waals surface area (Å²) >= 11 is 0. The summed E-state index contributed by atoms with van der Waals surface area (Å²) in [6, 6.07) is 0. The Morgan fingerprint density at radius 2 is 2.62 bits per heavy atom. The average molecular weight is 111 g/mol. The number of hydrogen-bond acceptors (Lipinski definition) is 2. The molecule has 0 aliphatic carbocycles. The van der Waals surface area contributed by atoms with Crippen LogP contribution in [-0.2, 0) is 4.84 Å². The molecule has 0 rings (SSSR count). The van der Waals surface area contributed by atoms with E-state index in [9.17, 15) is 0 Å². The Labute approximate surface area is 49.5 Å². The minimum atomic E-state index is -0.201. The third-order valence-corrected chi connectivity index (χ3v) is 0.758. The predicted molar refractivity (Wildman–Crippen MR) is 33.5 cm³/mol. The van der Waals surface area contributed by atoms with E-state index in [0.717, 1.165) is 6.42 Å². The molecule has 0 aromatic rings. The molecule has 0 amide bonds. The highest BCUT2D eigenvalue weighted by Crippen LogP contribution is 1.93. The zero-order chi connectivity index (χ0) is 6.41. The van der Waals surface area contributed by atoms with E-state index in [1.807, 2.05) is 6.92 Å². The van der Waals surface area contributed by atoms with Gasteiger partial charge in [0.25, 0.3) is 0 Å². The maximum Gasteiger partial charge on any atom is 0.186 e. The van der Waals surface area contributed by atoms with Gasteiger partial charge >= 0.3 is 0 Å². The van der Waals surface area contributed by atoms with Crippen molar-refractivity contribution in [2.45, 2.75) is 19.4 Å². The third-order valence-electron chi connectivity index (χ3n) is 0.758. The fourth-order valence-corrected chi connectivity index (χ4v) is 0.313. The number of oxime groups is 1. The Kier molecular flexibility index (Phi) is 3.69. The second kappa shape index (κ2) is 4.20. The molecule has 0 bridgehead atoms. The highest BCUT2D eigenvalue weighted by Gasteiger charge is 1.97. The molecule has 0 N–H and O–H groups in total. The summed E-state index contributed by atoms with van der Waals surface area (Å²) in [5, 5.41) is 3.19. The van der Waals surface area contributed by atoms with Gasteiger partial charge in [0.1, 0.15) is 0 Å². The SMILES string of the molecule is C#CC(CC)ON=C. The van der Waals surface area contributed by atoms with Crippen molar-refractivity contribution in [2.24, 2.45) is 5.16 Å². The summed E-state index contributed by atoms with van der Waals surface area (Å²) in [6.07, 6.45) is 5.58. The van der Waals surface area contributed by atoms with Gasteiger partial charge in [-0.1, -0.05) is 12.8 Å². The Balaban J connectivity index is 3.40. The molecule has 1 atom stereocenters. The van der Waals surface area contributed by atoms with Crippen LogP contribution in [0.2, 0.25) is 0 Å². The zero-order valence-corrected chi connectivity index (χ0v) is 4.92. The highest BCUT2D eigenvalue weighted by molar-refractivity contribution is 5.21. The van der Waals surface area contributed by atoms with E-state index in [4.69, 9.17) is 6.42 Å². The van der Waals surface area contributed by atoms with Gasteiger partial charge in [0.2, 0.25) is 0 Å². The Morgan fingerprint density at radius 3 is 2.75 bits per heavy atom. The number of terminal acetylenes is 1. The molecule has 0 fully saturated rings. The van der Waals surface area contributed by atoms with Crippen molar-refractivity contribution in [2.75, 3.05) is 0 Å². The van der Waals surface area contributed by atoms with Crippen molar-refractivity contribution in [3.05, 3.63) is 0 Å². The number of hydrogen-bond donors (Lipinski definition) is 0. The summed E-state index contributed by atoms with van der Waals surface area (Å²) in [6.45, 7) is 5.05. The van der Waals surface area contributed by atoms with Gasteiger partial charge in [-0.25, -0.2) is 0 Å². The lowest BCUT2D eigenvalue weighted by Gasteiger charge is -2.01. The van der Waals surface area contributed by atoms with Gasteiger partial charge < -0.3 is 4.84 Å². The first-order chi connectivity index (χ1) is 3.85. The van der Waals surface area contributed by atoms with Crippen LogP contribution < -0.4 is 0 Å². The van der Waals surface area contributed by atoms with Gasteiger partial charge in [-0.15, -0.1) is 11.6 Å². The van der Waals surface area contributed by atoms with E-state index in [2.05, 4.69) is 22.6 Å². The lowest BCUT2D eigenvalue weighted by Crippen LogP contribution is -2.02. The van der Waals surface area contributed by atoms with Crippen LogP contribution in [0.25, 0.3) is 0 Å². The number of nitrogens with zero attached hydrogens (tertiary/aromatic N) is 1. The highest BCUT2D eigenvalue weighted by atomic mass is 16.6. The molecule has 0 aromatic heterocycles. The first kappa shape index (κ1) is 7.03. The van der Waals surface area contributed by atoms with E-state index in [1.165, 1.54) is 0 Å². The minimum Gasteiger partial charge on any atom is -0.380 e. The summed E-state index contributed by atoms with van der Waals surface area (Å²) in [4.78, 5) is 4.62. The van der Waals surface area contributed by atoms with Crippen molar-refractivity contribution < 1.29 is 4.84 Å². The Bertz CT molecular complexity index is 104. The van der Waals surface area contributed by atoms with Crippen molar-refractivity contribution in [3.8, 4) is 12.3 Å². The summed E-state index contributed by atoms with van der Waals surface area (Å²) < 4.78 is 0. The molecule has 0 aliphatic heterocycles. The maximum absolute atomic E-state index is 5.01. The normalized spacial score (nSPS) is 11.5. The Morgan fingerprint density at radius 1 is 2.00 bits per heavy atom. The molecular formula is C6H9NO. The van der Waals surface area contributed by atoms with E-state index < -0.39 is 0 Å². The van der Waals surface area contributed by atoms with Gasteiger partial charge in [-0.05, 0) is 6.42 Å². The topological polar surface area (TPSA) is 21.6 Å². The molecule has 8 heavy (non-hydrogen) atoms. The van der Waals surface area contributed by atoms with Crippen LogP contribution in [0, 0.1) is 12.3 Å². The molecular weight excluding hydrogens is 102 g/mol. The van der Waals surface area contributed by atoms with Gasteiger partial charge in [0, 0.05) is 6.72 Å². The summed E-state index contributed by atoms with van der Waals surface area (Å²) in [5.41, 5.74) is 0. The molecule has 2 heteroatoms. The largest absolute Gasteiger partial charge is 0.380 e. The van der Waals surface area contributed by atoms with Crippen LogP contribution in [0.3, 0.4) is 0 Å². The van der Waals surface area contributed by atoms with E-state index in [1.54, 1.807) is 0 Å². The monoisotopic (exact) mass is 111 g/mol. The van der Waals surface area contributed by atoms with Crippen LogP contribution in [0.5, 0.6) is 0 Å². The van der Waals surface area contributed by atoms with Gasteiger partial charge in [0.15, 0.2) is 6.10 Å². The maximum atomic E-state index is 5.01. The van der Waals surface area contributed by atoms with Gasteiger partial charge in [-0.3, -0.25) is 0 Å². The van der Waals surface area contributed by atoms with Crippen LogP contribution >= 0.6 is 0 Å². The average Bonchev–Trinajstić information content (AvgIpc) is 1.83. The second-order valence-electron chi connectivity index (χ2n) is 1.30. The smallest absolute Gasteiger partial charge is 0.186 e. The summed E-state index contributed by atoms with van der Waals surface area (Å²) in [7, 11) is 0. The van der Waals surface area contributed by atoms with Crippen LogP contribution in [0.4, 0.5) is 0 Å². The van der Waals surface area contributed by atoms with Crippen molar-refractivity contribution in [1.29, 1.82) is 0 Å². The van der Waals surface area contributed by atoms with E-state index in [-0.39, 0.29) is 6.10 Å². The molecule has 2 nitrogen and oxygen atoms in total. The van der Waals surface area contributed by atoms with Crippen LogP contribution in [0.1, 0.15) is 13.3 Å². The van der Waals surface area contributed by atoms with E-state index in [0.29, 0.717) is 0 Å². The quantitative estimate of drug-likeness (QED) is 0.303. The van der Waals surface area contributed by atoms with Gasteiger partial charge in [0.05, 0.1) is 0 Å². The molecule has 0 saturated carbocycles. The summed E-state index contributed by atoms with van der Waals surface area (Å²) in [5.74, 6) is 2.40. The van der Waals surface area contributed by atoms with Crippen LogP contribution in [0.15, 0.2) is 5.16 Å². The number of rotatable bonds is 3. The van der Waals surface area contributed by atoms with Crippen LogP contribution in [-0.4, -0.2) is 12.8 Å². The fourth-order valence-electron chi connectivity index (χ4n) is 0.313. The second-order valence-corrected chi connectivity index (χ2v) is 1.30. The van der Waals surface area contributed by atoms with Gasteiger partial charge in [-0.2, -0.15) is 0 Å². The zero-order valence-electron chi connectivity index (χ0n) is 4.92. The molecule has 44 valence electrons. The first-order valence-electron chi connectivity index (χ1n) is 2.43. The standard InChI is InChI=1S/C6H9NO/c1-4-6(5-2)8-7-3/h1,6H,3,5H2,2H3. The lowest BCUT2D eigenvalue weighted by molar-refractivity contribution is 0.0990. The third kappa shape index (κ3) is 2.25. The molecule has 0 heterocycles. The molecule has 0 aromatic carbocycles. The molecule has 0 aliphatic rings. The van der Waals surface area contributed by atoms with Crippen molar-refractivity contribution in [1.82, 2.24) is 0 Å². The molecule has 0 spiro atoms. The van der Waals surface area contributed by atoms with Crippen molar-refractivity contribution >= 4 is 6.72 Å². The predicted octanol–water partition coefficient (Wildman–Crippen LogP) is 1.03. The fraction of sp³-hybridized carbons (Fsp3) is 0.500. The molecule has 0 saturated heterocycles.